The lowest BCUT2D eigenvalue weighted by molar-refractivity contribution is -0.113. The van der Waals surface area contributed by atoms with E-state index in [1.165, 1.54) is 23.9 Å². The quantitative estimate of drug-likeness (QED) is 0.365. The van der Waals surface area contributed by atoms with Crippen LogP contribution in [0.3, 0.4) is 0 Å². The number of anilines is 1. The topological polar surface area (TPSA) is 60.1 Å². The van der Waals surface area contributed by atoms with E-state index in [-0.39, 0.29) is 17.5 Å². The Labute approximate surface area is 184 Å². The number of furan rings is 1. The van der Waals surface area contributed by atoms with Gasteiger partial charge in [-0.05, 0) is 60.0 Å². The Morgan fingerprint density at radius 3 is 2.68 bits per heavy atom. The Hall–Kier alpha value is -3.32. The molecular weight excluding hydrogens is 413 g/mol. The SMILES string of the molecule is CCc1ccccc1NC(=O)CSc1ncc(-c2ccc(F)cc2)n1Cc1ccco1. The van der Waals surface area contributed by atoms with Crippen LogP contribution in [0.4, 0.5) is 10.1 Å². The highest BCUT2D eigenvalue weighted by Crippen LogP contribution is 2.28. The fourth-order valence-corrected chi connectivity index (χ4v) is 4.08. The molecule has 5 nitrogen and oxygen atoms in total. The minimum atomic E-state index is -0.292. The Balaban J connectivity index is 1.53. The molecule has 31 heavy (non-hydrogen) atoms. The van der Waals surface area contributed by atoms with Crippen molar-refractivity contribution in [2.75, 3.05) is 11.1 Å². The van der Waals surface area contributed by atoms with E-state index < -0.39 is 0 Å². The van der Waals surface area contributed by atoms with Gasteiger partial charge in [0.25, 0.3) is 0 Å². The summed E-state index contributed by atoms with van der Waals surface area (Å²) in [5, 5.41) is 3.67. The number of aromatic nitrogens is 2. The van der Waals surface area contributed by atoms with Crippen LogP contribution >= 0.6 is 11.8 Å². The van der Waals surface area contributed by atoms with Crippen molar-refractivity contribution in [3.05, 3.63) is 90.3 Å². The van der Waals surface area contributed by atoms with E-state index in [0.29, 0.717) is 11.7 Å². The molecule has 0 spiro atoms. The molecule has 2 aromatic heterocycles. The molecule has 0 aliphatic heterocycles. The molecule has 0 radical (unpaired) electrons. The zero-order valence-electron chi connectivity index (χ0n) is 17.0. The van der Waals surface area contributed by atoms with Gasteiger partial charge in [0.05, 0.1) is 30.5 Å². The first-order valence-corrected chi connectivity index (χ1v) is 11.0. The molecule has 1 N–H and O–H groups in total. The summed E-state index contributed by atoms with van der Waals surface area (Å²) in [6, 6.07) is 17.8. The van der Waals surface area contributed by atoms with Crippen LogP contribution in [0.5, 0.6) is 0 Å². The lowest BCUT2D eigenvalue weighted by atomic mass is 10.1. The molecule has 2 heterocycles. The van der Waals surface area contributed by atoms with Gasteiger partial charge in [-0.3, -0.25) is 4.79 Å². The van der Waals surface area contributed by atoms with Gasteiger partial charge < -0.3 is 14.3 Å². The van der Waals surface area contributed by atoms with Gasteiger partial charge in [-0.1, -0.05) is 36.9 Å². The zero-order chi connectivity index (χ0) is 21.6. The van der Waals surface area contributed by atoms with E-state index in [0.717, 1.165) is 34.7 Å². The molecule has 0 atom stereocenters. The van der Waals surface area contributed by atoms with E-state index in [4.69, 9.17) is 4.42 Å². The average Bonchev–Trinajstić information content (AvgIpc) is 3.44. The van der Waals surface area contributed by atoms with Crippen molar-refractivity contribution in [3.8, 4) is 11.3 Å². The van der Waals surface area contributed by atoms with Crippen LogP contribution in [0.15, 0.2) is 82.7 Å². The number of hydrogen-bond donors (Lipinski definition) is 1. The first-order chi connectivity index (χ1) is 15.1. The summed E-state index contributed by atoms with van der Waals surface area (Å²) in [6.07, 6.45) is 4.20. The van der Waals surface area contributed by atoms with Crippen LogP contribution in [0.1, 0.15) is 18.2 Å². The standard InChI is InChI=1S/C24H22FN3O2S/c1-2-17-6-3-4-8-21(17)27-23(29)16-31-24-26-14-22(18-9-11-19(25)12-10-18)28(24)15-20-7-5-13-30-20/h3-14H,2,15-16H2,1H3,(H,27,29). The lowest BCUT2D eigenvalue weighted by Gasteiger charge is -2.12. The molecule has 0 unspecified atom stereocenters. The summed E-state index contributed by atoms with van der Waals surface area (Å²) >= 11 is 1.35. The monoisotopic (exact) mass is 435 g/mol. The molecule has 7 heteroatoms. The van der Waals surface area contributed by atoms with Crippen LogP contribution in [-0.2, 0) is 17.8 Å². The Morgan fingerprint density at radius 2 is 1.94 bits per heavy atom. The van der Waals surface area contributed by atoms with E-state index in [1.54, 1.807) is 24.6 Å². The first kappa shape index (κ1) is 20.9. The molecule has 0 aliphatic carbocycles. The Bertz CT molecular complexity index is 1150. The minimum absolute atomic E-state index is 0.0956. The number of amides is 1. The fraction of sp³-hybridized carbons (Fsp3) is 0.167. The third kappa shape index (κ3) is 5.06. The van der Waals surface area contributed by atoms with Crippen LogP contribution in [0.25, 0.3) is 11.3 Å². The van der Waals surface area contributed by atoms with Crippen molar-refractivity contribution in [1.82, 2.24) is 9.55 Å². The smallest absolute Gasteiger partial charge is 0.234 e. The highest BCUT2D eigenvalue weighted by Gasteiger charge is 2.16. The third-order valence-electron chi connectivity index (χ3n) is 4.86. The maximum Gasteiger partial charge on any atom is 0.234 e. The number of para-hydroxylation sites is 1. The lowest BCUT2D eigenvalue weighted by Crippen LogP contribution is -2.16. The van der Waals surface area contributed by atoms with Gasteiger partial charge in [0.2, 0.25) is 5.91 Å². The van der Waals surface area contributed by atoms with E-state index in [1.807, 2.05) is 41.0 Å². The second kappa shape index (κ2) is 9.66. The number of benzene rings is 2. The van der Waals surface area contributed by atoms with Crippen molar-refractivity contribution < 1.29 is 13.6 Å². The number of nitrogens with zero attached hydrogens (tertiary/aromatic N) is 2. The molecule has 0 aliphatic rings. The number of aryl methyl sites for hydroxylation is 1. The van der Waals surface area contributed by atoms with Gasteiger partial charge in [-0.25, -0.2) is 9.37 Å². The Morgan fingerprint density at radius 1 is 1.13 bits per heavy atom. The molecule has 1 amide bonds. The number of carbonyl (C=O) groups excluding carboxylic acids is 1. The predicted molar refractivity (Wildman–Crippen MR) is 121 cm³/mol. The number of nitrogens with one attached hydrogen (secondary N) is 1. The number of carbonyl (C=O) groups is 1. The second-order valence-corrected chi connectivity index (χ2v) is 7.89. The highest BCUT2D eigenvalue weighted by molar-refractivity contribution is 7.99. The molecule has 0 bridgehead atoms. The summed E-state index contributed by atoms with van der Waals surface area (Å²) in [5.74, 6) is 0.599. The molecular formula is C24H22FN3O2S. The number of hydrogen-bond acceptors (Lipinski definition) is 4. The molecule has 4 rings (SSSR count). The fourth-order valence-electron chi connectivity index (χ4n) is 3.30. The molecule has 0 saturated heterocycles. The third-order valence-corrected chi connectivity index (χ3v) is 5.85. The molecule has 0 fully saturated rings. The number of halogens is 1. The molecule has 4 aromatic rings. The minimum Gasteiger partial charge on any atom is -0.467 e. The van der Waals surface area contributed by atoms with Gasteiger partial charge in [0.15, 0.2) is 5.16 Å². The van der Waals surface area contributed by atoms with Crippen LogP contribution in [0, 0.1) is 5.82 Å². The summed E-state index contributed by atoms with van der Waals surface area (Å²) in [5.41, 5.74) is 3.60. The van der Waals surface area contributed by atoms with Crippen molar-refractivity contribution in [1.29, 1.82) is 0 Å². The maximum atomic E-state index is 13.4. The van der Waals surface area contributed by atoms with E-state index in [2.05, 4.69) is 17.2 Å². The average molecular weight is 436 g/mol. The first-order valence-electron chi connectivity index (χ1n) is 9.98. The van der Waals surface area contributed by atoms with Gasteiger partial charge in [-0.2, -0.15) is 0 Å². The van der Waals surface area contributed by atoms with Gasteiger partial charge in [0.1, 0.15) is 11.6 Å². The van der Waals surface area contributed by atoms with Crippen molar-refractivity contribution in [2.45, 2.75) is 25.0 Å². The molecule has 158 valence electrons. The van der Waals surface area contributed by atoms with Crippen LogP contribution in [0.2, 0.25) is 0 Å². The van der Waals surface area contributed by atoms with E-state index >= 15 is 0 Å². The summed E-state index contributed by atoms with van der Waals surface area (Å²) in [4.78, 5) is 17.1. The summed E-state index contributed by atoms with van der Waals surface area (Å²) in [7, 11) is 0. The maximum absolute atomic E-state index is 13.4. The largest absolute Gasteiger partial charge is 0.467 e. The number of thioether (sulfide) groups is 1. The number of rotatable bonds is 8. The van der Waals surface area contributed by atoms with Crippen LogP contribution in [-0.4, -0.2) is 21.2 Å². The van der Waals surface area contributed by atoms with Crippen molar-refractivity contribution in [3.63, 3.8) is 0 Å². The van der Waals surface area contributed by atoms with Gasteiger partial charge >= 0.3 is 0 Å². The summed E-state index contributed by atoms with van der Waals surface area (Å²) in [6.45, 7) is 2.52. The van der Waals surface area contributed by atoms with Gasteiger partial charge in [0, 0.05) is 5.69 Å². The molecule has 0 saturated carbocycles. The molecule has 2 aromatic carbocycles. The summed E-state index contributed by atoms with van der Waals surface area (Å²) < 4.78 is 20.9. The second-order valence-electron chi connectivity index (χ2n) is 6.95. The predicted octanol–water partition coefficient (Wildman–Crippen LogP) is 5.62. The van der Waals surface area contributed by atoms with Crippen LogP contribution < -0.4 is 5.32 Å². The highest BCUT2D eigenvalue weighted by atomic mass is 32.2. The van der Waals surface area contributed by atoms with Crippen molar-refractivity contribution >= 4 is 23.4 Å². The normalized spacial score (nSPS) is 10.9. The Kier molecular flexibility index (Phi) is 6.52. The van der Waals surface area contributed by atoms with E-state index in [9.17, 15) is 9.18 Å². The zero-order valence-corrected chi connectivity index (χ0v) is 17.9. The van der Waals surface area contributed by atoms with Crippen molar-refractivity contribution in [2.24, 2.45) is 0 Å². The number of imidazole rings is 1. The van der Waals surface area contributed by atoms with Gasteiger partial charge in [-0.15, -0.1) is 0 Å².